The Bertz CT molecular complexity index is 1360. The highest BCUT2D eigenvalue weighted by Crippen LogP contribution is 2.49. The number of ketones is 1. The molecule has 0 spiro atoms. The van der Waals surface area contributed by atoms with E-state index < -0.39 is 46.6 Å². The van der Waals surface area contributed by atoms with E-state index in [9.17, 15) is 29.4 Å². The first-order valence-electron chi connectivity index (χ1n) is 10.8. The van der Waals surface area contributed by atoms with Gasteiger partial charge in [-0.1, -0.05) is 0 Å². The maximum absolute atomic E-state index is 13.7. The van der Waals surface area contributed by atoms with Crippen LogP contribution < -0.4 is 20.1 Å². The molecule has 0 saturated heterocycles. The molecule has 0 radical (unpaired) electrons. The first kappa shape index (κ1) is 23.8. The summed E-state index contributed by atoms with van der Waals surface area (Å²) in [7, 11) is 3.64. The highest BCUT2D eigenvalue weighted by molar-refractivity contribution is 6.18. The molecule has 182 valence electrons. The van der Waals surface area contributed by atoms with Gasteiger partial charge < -0.3 is 30.3 Å². The molecule has 0 saturated carbocycles. The number of amides is 1. The van der Waals surface area contributed by atoms with E-state index >= 15 is 0 Å². The van der Waals surface area contributed by atoms with Gasteiger partial charge in [0.05, 0.1) is 11.1 Å². The zero-order valence-electron chi connectivity index (χ0n) is 19.6. The summed E-state index contributed by atoms with van der Waals surface area (Å²) in [6.07, 6.45) is 0.523. The van der Waals surface area contributed by atoms with E-state index in [2.05, 4.69) is 0 Å². The molecule has 1 atom stereocenters. The predicted molar refractivity (Wildman–Crippen MR) is 125 cm³/mol. The van der Waals surface area contributed by atoms with Crippen LogP contribution in [0.5, 0.6) is 17.2 Å². The van der Waals surface area contributed by atoms with Gasteiger partial charge in [-0.2, -0.15) is 0 Å². The molecular weight excluding hydrogens is 456 g/mol. The number of esters is 2. The average Bonchev–Trinajstić information content (AvgIpc) is 2.71. The molecule has 0 unspecified atom stereocenters. The Kier molecular flexibility index (Phi) is 5.75. The lowest BCUT2D eigenvalue weighted by Crippen LogP contribution is -2.31. The molecule has 10 heteroatoms. The third-order valence-electron chi connectivity index (χ3n) is 6.12. The van der Waals surface area contributed by atoms with Crippen molar-refractivity contribution in [1.82, 2.24) is 0 Å². The number of nitrogens with two attached hydrogens (primary N) is 1. The van der Waals surface area contributed by atoms with E-state index in [4.69, 9.17) is 15.2 Å². The first-order chi connectivity index (χ1) is 16.4. The van der Waals surface area contributed by atoms with Gasteiger partial charge >= 0.3 is 11.9 Å². The van der Waals surface area contributed by atoms with Gasteiger partial charge in [0.25, 0.3) is 5.91 Å². The number of aliphatic hydroxyl groups is 1. The van der Waals surface area contributed by atoms with Crippen molar-refractivity contribution in [2.45, 2.75) is 26.7 Å². The van der Waals surface area contributed by atoms with Crippen LogP contribution in [0, 0.1) is 5.92 Å². The van der Waals surface area contributed by atoms with Crippen LogP contribution >= 0.6 is 0 Å². The maximum Gasteiger partial charge on any atom is 0.308 e. The SMILES string of the molecule is CC(=O)Oc1cc2c(c(O)c1C(N)=O)C(O)=C1C(=O)c3c(OC(C)=O)ccc(N(C)C)c3C[C@H]1C2. The Morgan fingerprint density at radius 3 is 2.20 bits per heavy atom. The van der Waals surface area contributed by atoms with Crippen LogP contribution in [0.3, 0.4) is 0 Å². The molecule has 0 bridgehead atoms. The van der Waals surface area contributed by atoms with Crippen molar-refractivity contribution in [3.05, 3.63) is 51.6 Å². The quantitative estimate of drug-likeness (QED) is 0.441. The number of ether oxygens (including phenoxy) is 2. The number of rotatable bonds is 4. The molecule has 1 amide bonds. The Hall–Kier alpha value is -4.34. The van der Waals surface area contributed by atoms with E-state index in [1.807, 2.05) is 19.0 Å². The highest BCUT2D eigenvalue weighted by Gasteiger charge is 2.42. The lowest BCUT2D eigenvalue weighted by atomic mass is 9.70. The van der Waals surface area contributed by atoms with Gasteiger partial charge in [-0.15, -0.1) is 0 Å². The Balaban J connectivity index is 1.97. The molecule has 4 rings (SSSR count). The summed E-state index contributed by atoms with van der Waals surface area (Å²) < 4.78 is 10.4. The number of allylic oxidation sites excluding steroid dienone is 1. The number of primary amides is 1. The number of phenols is 1. The van der Waals surface area contributed by atoms with Gasteiger partial charge in [0, 0.05) is 39.2 Å². The van der Waals surface area contributed by atoms with E-state index in [1.165, 1.54) is 19.1 Å². The Labute approximate surface area is 200 Å². The molecule has 2 aliphatic rings. The molecule has 2 aromatic carbocycles. The molecule has 2 aliphatic carbocycles. The van der Waals surface area contributed by atoms with Crippen LogP contribution in [-0.2, 0) is 22.4 Å². The number of fused-ring (bicyclic) bond motifs is 3. The van der Waals surface area contributed by atoms with Gasteiger partial charge in [-0.05, 0) is 48.1 Å². The third-order valence-corrected chi connectivity index (χ3v) is 6.12. The molecular formula is C25H24N2O8. The van der Waals surface area contributed by atoms with Crippen LogP contribution in [-0.4, -0.2) is 47.9 Å². The van der Waals surface area contributed by atoms with Crippen LogP contribution in [0.15, 0.2) is 23.8 Å². The van der Waals surface area contributed by atoms with Crippen molar-refractivity contribution >= 4 is 35.1 Å². The van der Waals surface area contributed by atoms with E-state index in [-0.39, 0.29) is 34.6 Å². The van der Waals surface area contributed by atoms with Gasteiger partial charge in [-0.25, -0.2) is 0 Å². The van der Waals surface area contributed by atoms with Crippen LogP contribution in [0.2, 0.25) is 0 Å². The van der Waals surface area contributed by atoms with Gasteiger partial charge in [-0.3, -0.25) is 19.2 Å². The van der Waals surface area contributed by atoms with Gasteiger partial charge in [0.1, 0.15) is 28.6 Å². The average molecular weight is 480 g/mol. The summed E-state index contributed by atoms with van der Waals surface area (Å²) in [5.74, 6) is -4.80. The first-order valence-corrected chi connectivity index (χ1v) is 10.8. The number of hydrogen-bond acceptors (Lipinski definition) is 9. The van der Waals surface area contributed by atoms with E-state index in [0.29, 0.717) is 17.5 Å². The van der Waals surface area contributed by atoms with Crippen molar-refractivity contribution in [1.29, 1.82) is 0 Å². The molecule has 10 nitrogen and oxygen atoms in total. The fraction of sp³-hybridized carbons (Fsp3) is 0.280. The molecule has 0 aromatic heterocycles. The van der Waals surface area contributed by atoms with E-state index in [1.54, 1.807) is 6.07 Å². The van der Waals surface area contributed by atoms with Crippen LogP contribution in [0.1, 0.15) is 51.3 Å². The predicted octanol–water partition coefficient (Wildman–Crippen LogP) is 2.29. The van der Waals surface area contributed by atoms with E-state index in [0.717, 1.165) is 12.6 Å². The smallest absolute Gasteiger partial charge is 0.308 e. The molecule has 35 heavy (non-hydrogen) atoms. The fourth-order valence-corrected chi connectivity index (χ4v) is 4.87. The maximum atomic E-state index is 13.7. The lowest BCUT2D eigenvalue weighted by Gasteiger charge is -2.34. The van der Waals surface area contributed by atoms with Crippen molar-refractivity contribution in [2.75, 3.05) is 19.0 Å². The van der Waals surface area contributed by atoms with Crippen LogP contribution in [0.25, 0.3) is 5.76 Å². The Morgan fingerprint density at radius 2 is 1.63 bits per heavy atom. The number of carbonyl (C=O) groups excluding carboxylic acids is 4. The number of anilines is 1. The number of carbonyl (C=O) groups is 4. The number of aromatic hydroxyl groups is 1. The fourth-order valence-electron chi connectivity index (χ4n) is 4.87. The summed E-state index contributed by atoms with van der Waals surface area (Å²) >= 11 is 0. The largest absolute Gasteiger partial charge is 0.507 e. The van der Waals surface area contributed by atoms with Crippen LogP contribution in [0.4, 0.5) is 5.69 Å². The second-order valence-electron chi connectivity index (χ2n) is 8.71. The summed E-state index contributed by atoms with van der Waals surface area (Å²) in [4.78, 5) is 50.8. The van der Waals surface area contributed by atoms with Crippen molar-refractivity contribution in [3.63, 3.8) is 0 Å². The molecule has 0 aliphatic heterocycles. The second-order valence-corrected chi connectivity index (χ2v) is 8.71. The Morgan fingerprint density at radius 1 is 1.00 bits per heavy atom. The summed E-state index contributed by atoms with van der Waals surface area (Å²) in [5.41, 5.74) is 6.75. The monoisotopic (exact) mass is 480 g/mol. The lowest BCUT2D eigenvalue weighted by molar-refractivity contribution is -0.132. The summed E-state index contributed by atoms with van der Waals surface area (Å²) in [6.45, 7) is 2.36. The number of hydrogen-bond donors (Lipinski definition) is 3. The third kappa shape index (κ3) is 3.86. The van der Waals surface area contributed by atoms with Crippen molar-refractivity contribution in [2.24, 2.45) is 11.7 Å². The minimum Gasteiger partial charge on any atom is -0.507 e. The highest BCUT2D eigenvalue weighted by atomic mass is 16.5. The number of benzene rings is 2. The number of nitrogens with zero attached hydrogens (tertiary/aromatic N) is 1. The molecule has 0 fully saturated rings. The molecule has 2 aromatic rings. The summed E-state index contributed by atoms with van der Waals surface area (Å²) in [6, 6.07) is 4.64. The van der Waals surface area contributed by atoms with Gasteiger partial charge in [0.2, 0.25) is 0 Å². The van der Waals surface area contributed by atoms with Crippen molar-refractivity contribution in [3.8, 4) is 17.2 Å². The normalized spacial score (nSPS) is 16.1. The zero-order chi connectivity index (χ0) is 25.8. The van der Waals surface area contributed by atoms with Gasteiger partial charge in [0.15, 0.2) is 5.78 Å². The van der Waals surface area contributed by atoms with Crippen molar-refractivity contribution < 1.29 is 38.9 Å². The topological polar surface area (TPSA) is 156 Å². The molecule has 4 N–H and O–H groups in total. The second kappa shape index (κ2) is 8.46. The minimum absolute atomic E-state index is 0.0280. The number of Topliss-reactive ketones (excluding diaryl/α,β-unsaturated/α-hetero) is 1. The minimum atomic E-state index is -1.07. The zero-order valence-corrected chi connectivity index (χ0v) is 19.6. The standard InChI is InChI=1S/C25H24N2O8/c1-10(28)34-16-6-5-15(27(3)4)14-8-12-7-13-9-17(35-11(2)29)21(25(26)33)24(32)19(13)22(30)18(12)23(31)20(14)16/h5-6,9,12,30,32H,7-8H2,1-4H3,(H2,26,33)/t12-/m1/s1. The summed E-state index contributed by atoms with van der Waals surface area (Å²) in [5, 5.41) is 22.0. The molecule has 0 heterocycles. The number of aliphatic hydroxyl groups excluding tert-OH is 1.